The Bertz CT molecular complexity index is 679. The Morgan fingerprint density at radius 1 is 1.53 bits per heavy atom. The molecule has 0 spiro atoms. The van der Waals surface area contributed by atoms with Gasteiger partial charge in [0.25, 0.3) is 5.69 Å². The Hall–Kier alpha value is -2.36. The second-order valence-corrected chi connectivity index (χ2v) is 4.52. The molecule has 2 heterocycles. The molecule has 0 bridgehead atoms. The largest absolute Gasteiger partial charge is 0.373 e. The van der Waals surface area contributed by atoms with E-state index in [2.05, 4.69) is 20.5 Å². The summed E-state index contributed by atoms with van der Waals surface area (Å²) in [5.41, 5.74) is -0.441. The summed E-state index contributed by atoms with van der Waals surface area (Å²) < 4.78 is 1.30. The summed E-state index contributed by atoms with van der Waals surface area (Å²) in [5.74, 6) is 0.372. The van der Waals surface area contributed by atoms with Crippen molar-refractivity contribution in [3.8, 4) is 0 Å². The number of anilines is 1. The predicted octanol–water partition coefficient (Wildman–Crippen LogP) is 0.604. The first-order valence-electron chi connectivity index (χ1n) is 5.14. The van der Waals surface area contributed by atoms with Gasteiger partial charge in [0.1, 0.15) is 10.8 Å². The second-order valence-electron chi connectivity index (χ2n) is 3.53. The quantitative estimate of drug-likeness (QED) is 0.622. The number of hydrogen-bond acceptors (Lipinski definition) is 7. The third-order valence-corrected chi connectivity index (χ3v) is 3.25. The summed E-state index contributed by atoms with van der Waals surface area (Å²) in [6.07, 6.45) is 0. The Morgan fingerprint density at radius 2 is 2.26 bits per heavy atom. The lowest BCUT2D eigenvalue weighted by Crippen LogP contribution is -2.12. The van der Waals surface area contributed by atoms with Crippen molar-refractivity contribution in [2.45, 2.75) is 10.2 Å². The number of aromatic nitrogens is 4. The summed E-state index contributed by atoms with van der Waals surface area (Å²) in [5, 5.41) is 20.4. The van der Waals surface area contributed by atoms with Crippen LogP contribution in [-0.4, -0.2) is 31.7 Å². The van der Waals surface area contributed by atoms with E-state index in [0.29, 0.717) is 16.0 Å². The van der Waals surface area contributed by atoms with Gasteiger partial charge in [-0.3, -0.25) is 14.7 Å². The first-order valence-corrected chi connectivity index (χ1v) is 5.96. The maximum atomic E-state index is 11.2. The van der Waals surface area contributed by atoms with Gasteiger partial charge in [0, 0.05) is 20.2 Å². The normalized spacial score (nSPS) is 10.4. The maximum absolute atomic E-state index is 11.2. The molecule has 0 fully saturated rings. The first-order chi connectivity index (χ1) is 9.01. The van der Waals surface area contributed by atoms with Gasteiger partial charge < -0.3 is 5.32 Å². The van der Waals surface area contributed by atoms with Gasteiger partial charge in [-0.15, -0.1) is 5.10 Å². The van der Waals surface area contributed by atoms with Gasteiger partial charge in [-0.05, 0) is 11.8 Å². The summed E-state index contributed by atoms with van der Waals surface area (Å²) in [6, 6.07) is 2.65. The molecule has 0 saturated heterocycles. The molecule has 9 nitrogen and oxygen atoms in total. The summed E-state index contributed by atoms with van der Waals surface area (Å²) in [6.45, 7) is 0. The van der Waals surface area contributed by atoms with Crippen LogP contribution in [0, 0.1) is 10.1 Å². The van der Waals surface area contributed by atoms with Crippen molar-refractivity contribution < 1.29 is 4.92 Å². The summed E-state index contributed by atoms with van der Waals surface area (Å²) in [4.78, 5) is 25.7. The van der Waals surface area contributed by atoms with Crippen LogP contribution in [0.3, 0.4) is 0 Å². The molecule has 0 atom stereocenters. The monoisotopic (exact) mass is 282 g/mol. The zero-order valence-electron chi connectivity index (χ0n) is 10.1. The van der Waals surface area contributed by atoms with E-state index in [9.17, 15) is 14.9 Å². The van der Waals surface area contributed by atoms with Crippen LogP contribution in [0.4, 0.5) is 11.5 Å². The molecular weight excluding hydrogens is 272 g/mol. The molecule has 2 aromatic rings. The number of hydrogen-bond donors (Lipinski definition) is 2. The van der Waals surface area contributed by atoms with Gasteiger partial charge in [0.05, 0.1) is 11.0 Å². The average Bonchev–Trinajstić information content (AvgIpc) is 2.70. The van der Waals surface area contributed by atoms with E-state index >= 15 is 0 Å². The van der Waals surface area contributed by atoms with E-state index in [1.165, 1.54) is 16.7 Å². The molecule has 19 heavy (non-hydrogen) atoms. The summed E-state index contributed by atoms with van der Waals surface area (Å²) >= 11 is 1.06. The van der Waals surface area contributed by atoms with Crippen LogP contribution in [0.25, 0.3) is 0 Å². The zero-order valence-corrected chi connectivity index (χ0v) is 10.9. The fraction of sp³-hybridized carbons (Fsp3) is 0.222. The highest BCUT2D eigenvalue weighted by Crippen LogP contribution is 2.28. The Kier molecular flexibility index (Phi) is 3.51. The molecule has 0 radical (unpaired) electrons. The highest BCUT2D eigenvalue weighted by molar-refractivity contribution is 7.99. The lowest BCUT2D eigenvalue weighted by molar-refractivity contribution is -0.385. The Morgan fingerprint density at radius 3 is 2.79 bits per heavy atom. The Labute approximate surface area is 111 Å². The Balaban J connectivity index is 2.39. The van der Waals surface area contributed by atoms with Crippen molar-refractivity contribution >= 4 is 23.3 Å². The molecule has 0 amide bonds. The van der Waals surface area contributed by atoms with Crippen molar-refractivity contribution in [1.82, 2.24) is 19.7 Å². The van der Waals surface area contributed by atoms with Crippen molar-refractivity contribution in [2.75, 3.05) is 12.4 Å². The lowest BCUT2D eigenvalue weighted by atomic mass is 10.4. The zero-order chi connectivity index (χ0) is 14.0. The minimum Gasteiger partial charge on any atom is -0.373 e. The van der Waals surface area contributed by atoms with Crippen molar-refractivity contribution in [3.63, 3.8) is 0 Å². The topological polar surface area (TPSA) is 119 Å². The van der Waals surface area contributed by atoms with Crippen LogP contribution in [0.2, 0.25) is 0 Å². The molecule has 2 rings (SSSR count). The van der Waals surface area contributed by atoms with Gasteiger partial charge in [-0.1, -0.05) is 0 Å². The molecule has 0 aliphatic heterocycles. The number of aromatic amines is 1. The average molecular weight is 282 g/mol. The number of nitro groups is 1. The molecule has 0 unspecified atom stereocenters. The standard InChI is InChI=1S/C9H10N6O3S/c1-10-6-3-5(15(17)18)4-7(11-6)19-9-13-12-8(16)14(9)2/h3-4H,1-2H3,(H,10,11)(H,12,16). The molecule has 0 aliphatic rings. The smallest absolute Gasteiger partial charge is 0.343 e. The molecule has 0 saturated carbocycles. The molecule has 0 aromatic carbocycles. The van der Waals surface area contributed by atoms with E-state index < -0.39 is 4.92 Å². The van der Waals surface area contributed by atoms with Crippen molar-refractivity contribution in [1.29, 1.82) is 0 Å². The van der Waals surface area contributed by atoms with Gasteiger partial charge in [0.15, 0.2) is 5.16 Å². The first kappa shape index (κ1) is 13.1. The third kappa shape index (κ3) is 2.73. The molecule has 2 N–H and O–H groups in total. The van der Waals surface area contributed by atoms with Crippen LogP contribution in [0.5, 0.6) is 0 Å². The van der Waals surface area contributed by atoms with Gasteiger partial charge in [-0.2, -0.15) is 0 Å². The fourth-order valence-corrected chi connectivity index (χ4v) is 2.12. The van der Waals surface area contributed by atoms with Crippen molar-refractivity contribution in [3.05, 3.63) is 32.7 Å². The molecular formula is C9H10N6O3S. The van der Waals surface area contributed by atoms with E-state index in [1.807, 2.05) is 0 Å². The van der Waals surface area contributed by atoms with E-state index in [-0.39, 0.29) is 11.4 Å². The molecule has 0 aliphatic carbocycles. The van der Waals surface area contributed by atoms with Gasteiger partial charge >= 0.3 is 5.69 Å². The minimum atomic E-state index is -0.504. The van der Waals surface area contributed by atoms with Crippen LogP contribution in [0.15, 0.2) is 27.1 Å². The predicted molar refractivity (Wildman–Crippen MR) is 68.4 cm³/mol. The van der Waals surface area contributed by atoms with Crippen molar-refractivity contribution in [2.24, 2.45) is 7.05 Å². The SMILES string of the molecule is CNc1cc([N+](=O)[O-])cc(Sc2n[nH]c(=O)n2C)n1. The molecule has 10 heteroatoms. The number of H-pyrrole nitrogens is 1. The lowest BCUT2D eigenvalue weighted by Gasteiger charge is -2.03. The number of nitrogens with zero attached hydrogens (tertiary/aromatic N) is 4. The number of nitrogens with one attached hydrogen (secondary N) is 2. The minimum absolute atomic E-state index is 0.0811. The van der Waals surface area contributed by atoms with Crippen LogP contribution < -0.4 is 11.0 Å². The fourth-order valence-electron chi connectivity index (χ4n) is 1.29. The second kappa shape index (κ2) is 5.10. The highest BCUT2D eigenvalue weighted by Gasteiger charge is 2.14. The highest BCUT2D eigenvalue weighted by atomic mass is 32.2. The van der Waals surface area contributed by atoms with E-state index in [1.54, 1.807) is 14.1 Å². The van der Waals surface area contributed by atoms with Crippen LogP contribution in [-0.2, 0) is 7.05 Å². The molecule has 2 aromatic heterocycles. The van der Waals surface area contributed by atoms with E-state index in [4.69, 9.17) is 0 Å². The number of pyridine rings is 1. The van der Waals surface area contributed by atoms with Crippen LogP contribution >= 0.6 is 11.8 Å². The van der Waals surface area contributed by atoms with E-state index in [0.717, 1.165) is 11.8 Å². The summed E-state index contributed by atoms with van der Waals surface area (Å²) in [7, 11) is 3.16. The van der Waals surface area contributed by atoms with Gasteiger partial charge in [0.2, 0.25) is 0 Å². The third-order valence-electron chi connectivity index (χ3n) is 2.29. The number of rotatable bonds is 4. The van der Waals surface area contributed by atoms with Crippen LogP contribution in [0.1, 0.15) is 0 Å². The molecule has 100 valence electrons. The maximum Gasteiger partial charge on any atom is 0.343 e. The van der Waals surface area contributed by atoms with Gasteiger partial charge in [-0.25, -0.2) is 14.9 Å².